The van der Waals surface area contributed by atoms with Gasteiger partial charge in [-0.05, 0) is 26.2 Å². The Balaban J connectivity index is 0.832. The van der Waals surface area contributed by atoms with E-state index in [0.717, 1.165) is 87.6 Å². The van der Waals surface area contributed by atoms with E-state index in [-0.39, 0.29) is 0 Å². The van der Waals surface area contributed by atoms with Gasteiger partial charge in [0, 0.05) is 87.6 Å². The second kappa shape index (κ2) is 18.7. The van der Waals surface area contributed by atoms with Crippen LogP contribution in [0, 0.1) is 0 Å². The minimum Gasteiger partial charge on any atom is -0.490 e. The largest absolute Gasteiger partial charge is 0.800 e. The average molecular weight is 1240 g/mol. The van der Waals surface area contributed by atoms with Crippen molar-refractivity contribution in [2.45, 2.75) is 26.2 Å². The molecule has 0 N–H and O–H groups in total. The van der Waals surface area contributed by atoms with Gasteiger partial charge in [0.05, 0.1) is 0 Å². The second-order valence-corrected chi connectivity index (χ2v) is 35.8. The predicted molar refractivity (Wildman–Crippen MR) is 360 cm³/mol. The van der Waals surface area contributed by atoms with Crippen molar-refractivity contribution in [2.24, 2.45) is 59.9 Å². The summed E-state index contributed by atoms with van der Waals surface area (Å²) < 4.78 is 33.2. The summed E-state index contributed by atoms with van der Waals surface area (Å²) in [7, 11) is -7.20. The normalized spacial score (nSPS) is 16.0. The molecule has 20 rings (SSSR count). The molecule has 0 fully saturated rings. The third kappa shape index (κ3) is 7.51. The summed E-state index contributed by atoms with van der Waals surface area (Å²) in [5.74, 6) is 6.87. The molecule has 0 atom stereocenters. The molecule has 0 amide bonds. The van der Waals surface area contributed by atoms with Crippen LogP contribution in [0.15, 0.2) is 254 Å². The van der Waals surface area contributed by atoms with E-state index in [2.05, 4.69) is 137 Å². The first-order valence-corrected chi connectivity index (χ1v) is 38.7. The fourth-order valence-corrected chi connectivity index (χ4v) is 29.6. The van der Waals surface area contributed by atoms with Gasteiger partial charge in [0.15, 0.2) is 46.7 Å². The van der Waals surface area contributed by atoms with Crippen LogP contribution in [-0.4, -0.2) is 108 Å². The smallest absolute Gasteiger partial charge is 0.490 e. The lowest BCUT2D eigenvalue weighted by atomic mass is 10.1. The highest BCUT2D eigenvalue weighted by Crippen LogP contribution is 2.44. The summed E-state index contributed by atoms with van der Waals surface area (Å²) >= 11 is -6.86. The van der Waals surface area contributed by atoms with Crippen LogP contribution in [0.5, 0.6) is 0 Å². The second-order valence-electron chi connectivity index (χ2n) is 24.2. The van der Waals surface area contributed by atoms with E-state index in [0.29, 0.717) is 91.9 Å². The van der Waals surface area contributed by atoms with Gasteiger partial charge < -0.3 is 25.3 Å². The Bertz CT molecular complexity index is 5310. The zero-order chi connectivity index (χ0) is 60.2. The molecule has 91 heavy (non-hydrogen) atoms. The lowest BCUT2D eigenvalue weighted by molar-refractivity contribution is 0.326. The lowest BCUT2D eigenvalue weighted by Crippen LogP contribution is -2.60. The van der Waals surface area contributed by atoms with Crippen molar-refractivity contribution < 1.29 is 11.1 Å². The number of benzene rings is 8. The highest BCUT2D eigenvalue weighted by atomic mass is 28.5. The molecule has 0 unspecified atom stereocenters. The van der Waals surface area contributed by atoms with Gasteiger partial charge in [0.1, 0.15) is 45.2 Å². The molecular formula is C68H44Al2N16O3Si2. The minimum atomic E-state index is -3.60. The number of nitrogens with zero attached hydrogens (tertiary/aromatic N) is 16. The summed E-state index contributed by atoms with van der Waals surface area (Å²) in [4.78, 5) is 66.0. The van der Waals surface area contributed by atoms with Gasteiger partial charge >= 0.3 is 29.8 Å². The summed E-state index contributed by atoms with van der Waals surface area (Å²) in [5, 5.41) is 6.99. The van der Waals surface area contributed by atoms with Gasteiger partial charge in [-0.2, -0.15) is 0 Å². The first-order valence-electron chi connectivity index (χ1n) is 30.1. The monoisotopic (exact) mass is 1240 g/mol. The van der Waals surface area contributed by atoms with Crippen molar-refractivity contribution in [3.8, 4) is 0 Å². The van der Waals surface area contributed by atoms with Crippen LogP contribution in [0.1, 0.15) is 44.5 Å². The summed E-state index contributed by atoms with van der Waals surface area (Å²) in [6.07, 6.45) is 0. The van der Waals surface area contributed by atoms with E-state index in [1.54, 1.807) is 0 Å². The van der Waals surface area contributed by atoms with Gasteiger partial charge in [0.2, 0.25) is 0 Å². The molecular weight excluding hydrogens is 1200 g/mol. The Labute approximate surface area is 528 Å². The van der Waals surface area contributed by atoms with Crippen LogP contribution in [0.2, 0.25) is 26.2 Å². The molecule has 8 aliphatic rings. The maximum atomic E-state index is 8.20. The fraction of sp³-hybridized carbons (Fsp3) is 0.0588. The van der Waals surface area contributed by atoms with E-state index in [9.17, 15) is 0 Å². The molecule has 428 valence electrons. The number of hydrogen-bond donors (Lipinski definition) is 0. The molecule has 12 aromatic rings. The maximum absolute atomic E-state index is 8.20. The van der Waals surface area contributed by atoms with Crippen molar-refractivity contribution in [1.82, 2.24) is 14.2 Å². The lowest BCUT2D eigenvalue weighted by Gasteiger charge is -2.37. The van der Waals surface area contributed by atoms with E-state index < -0.39 is 47.0 Å². The Morgan fingerprint density at radius 1 is 0.242 bits per heavy atom. The first-order chi connectivity index (χ1) is 44.6. The summed E-state index contributed by atoms with van der Waals surface area (Å²) in [6.45, 7) is 8.46. The number of aliphatic imine (C=N–C) groups is 8. The topological polar surface area (TPSA) is 196 Å². The van der Waals surface area contributed by atoms with Gasteiger partial charge in [-0.25, -0.2) is 59.9 Å². The van der Waals surface area contributed by atoms with E-state index >= 15 is 0 Å². The zero-order valence-electron chi connectivity index (χ0n) is 49.0. The minimum absolute atomic E-state index is 0.540. The highest BCUT2D eigenvalue weighted by Gasteiger charge is 2.52. The molecule has 23 heteroatoms. The van der Waals surface area contributed by atoms with Gasteiger partial charge in [-0.1, -0.05) is 194 Å². The SMILES string of the molecule is C[Si](C)([O][Al]1[n]2c3c4ccccc4c2N=C2N=C(N=c4c5ccccc5c([n]41)=NC1=NC(=N3)c3ccccc31)c1ccccc12)O[Si](C)(C)[O][Al]1[n]2c3c4ccccc4c2N=C2N=C(N=c4c5ccccc5c([n]41)=NC1=NC(=N3)c3ccccc31)c1ccccc12. The molecule has 8 aromatic carbocycles. The standard InChI is InChI=1S/2C32H16N8.C4H12O3Si2.2Al/c2*1-2-10-18-17(9-1)25-33-26(18)38-28-21-13-5-6-14-22(21)30(35-28)40-32-24-16-8-7-15-23(24)31(36-32)39-29-20-12-4-3-11-19(20)27(34-29)37-25;1-8(2,5)7-9(3,4)6;;/h2*1-16H;1-4H3;;/q3*-2;2*+3. The number of rotatable bonds is 6. The summed E-state index contributed by atoms with van der Waals surface area (Å²) in [5.41, 5.74) is 9.54. The third-order valence-corrected chi connectivity index (χ3v) is 31.7. The molecule has 8 aliphatic heterocycles. The number of hydrogen-bond acceptors (Lipinski definition) is 15. The average Bonchev–Trinajstić information content (AvgIpc) is 1.58. The van der Waals surface area contributed by atoms with Crippen LogP contribution in [0.4, 0.5) is 23.3 Å². The Hall–Kier alpha value is -10.1. The van der Waals surface area contributed by atoms with Crippen molar-refractivity contribution in [1.29, 1.82) is 0 Å². The van der Waals surface area contributed by atoms with E-state index in [1.165, 1.54) is 0 Å². The van der Waals surface area contributed by atoms with Gasteiger partial charge in [-0.15, -0.1) is 0 Å². The predicted octanol–water partition coefficient (Wildman–Crippen LogP) is 10.3. The van der Waals surface area contributed by atoms with Crippen LogP contribution < -0.4 is 22.0 Å². The van der Waals surface area contributed by atoms with Gasteiger partial charge in [0.25, 0.3) is 17.1 Å². The fourth-order valence-electron chi connectivity index (χ4n) is 14.1. The van der Waals surface area contributed by atoms with Crippen molar-refractivity contribution in [3.63, 3.8) is 0 Å². The number of fused-ring (bicyclic) bond motifs is 28. The first kappa shape index (κ1) is 51.7. The molecule has 19 nitrogen and oxygen atoms in total. The van der Waals surface area contributed by atoms with Gasteiger partial charge in [-0.3, -0.25) is 0 Å². The molecule has 0 saturated carbocycles. The molecule has 0 radical (unpaired) electrons. The Morgan fingerprint density at radius 2 is 0.440 bits per heavy atom. The quantitative estimate of drug-likeness (QED) is 0.150. The molecule has 0 aliphatic carbocycles. The van der Waals surface area contributed by atoms with Crippen molar-refractivity contribution in [2.75, 3.05) is 0 Å². The molecule has 4 aromatic heterocycles. The van der Waals surface area contributed by atoms with Crippen LogP contribution in [0.25, 0.3) is 43.1 Å². The number of amidine groups is 8. The van der Waals surface area contributed by atoms with Crippen LogP contribution >= 0.6 is 0 Å². The third-order valence-electron chi connectivity index (χ3n) is 17.8. The summed E-state index contributed by atoms with van der Waals surface area (Å²) in [6, 6.07) is 65.8. The molecule has 0 saturated heterocycles. The van der Waals surface area contributed by atoms with Crippen molar-refractivity contribution >= 4 is 160 Å². The highest BCUT2D eigenvalue weighted by molar-refractivity contribution is 6.84. The van der Waals surface area contributed by atoms with Crippen molar-refractivity contribution in [3.05, 3.63) is 261 Å². The van der Waals surface area contributed by atoms with Crippen LogP contribution in [-0.2, 0) is 11.1 Å². The molecule has 0 spiro atoms. The molecule has 12 bridgehead atoms. The molecule has 12 heterocycles. The van der Waals surface area contributed by atoms with E-state index in [4.69, 9.17) is 71.0 Å². The maximum Gasteiger partial charge on any atom is 0.800 e. The Morgan fingerprint density at radius 3 is 0.670 bits per heavy atom. The Kier molecular flexibility index (Phi) is 10.6. The number of aromatic nitrogens is 4. The van der Waals surface area contributed by atoms with Crippen LogP contribution in [0.3, 0.4) is 0 Å². The zero-order valence-corrected chi connectivity index (χ0v) is 53.3. The van der Waals surface area contributed by atoms with E-state index in [1.807, 2.05) is 97.1 Å².